The van der Waals surface area contributed by atoms with Gasteiger partial charge in [-0.25, -0.2) is 4.39 Å². The summed E-state index contributed by atoms with van der Waals surface area (Å²) in [4.78, 5) is 15.9. The van der Waals surface area contributed by atoms with Crippen LogP contribution in [0.15, 0.2) is 42.6 Å². The number of carbonyl (C=O) groups is 1. The van der Waals surface area contributed by atoms with Crippen molar-refractivity contribution in [2.75, 3.05) is 5.73 Å². The zero-order chi connectivity index (χ0) is 13.0. The Bertz CT molecular complexity index is 557. The Morgan fingerprint density at radius 2 is 2.17 bits per heavy atom. The van der Waals surface area contributed by atoms with Crippen LogP contribution in [0.4, 0.5) is 10.1 Å². The van der Waals surface area contributed by atoms with Crippen molar-refractivity contribution in [2.24, 2.45) is 0 Å². The summed E-state index contributed by atoms with van der Waals surface area (Å²) in [6.07, 6.45) is 1.64. The minimum atomic E-state index is -0.493. The summed E-state index contributed by atoms with van der Waals surface area (Å²) in [6.45, 7) is 0.273. The third-order valence-electron chi connectivity index (χ3n) is 2.42. The highest BCUT2D eigenvalue weighted by Crippen LogP contribution is 2.13. The number of benzene rings is 1. The summed E-state index contributed by atoms with van der Waals surface area (Å²) in [5.74, 6) is -0.912. The number of nitrogens with zero attached hydrogens (tertiary/aromatic N) is 1. The number of pyridine rings is 1. The zero-order valence-corrected chi connectivity index (χ0v) is 9.56. The summed E-state index contributed by atoms with van der Waals surface area (Å²) in [5, 5.41) is 2.64. The maximum Gasteiger partial charge on any atom is 0.253 e. The van der Waals surface area contributed by atoms with Gasteiger partial charge in [0.05, 0.1) is 17.8 Å². The quantitative estimate of drug-likeness (QED) is 0.809. The normalized spacial score (nSPS) is 10.1. The third kappa shape index (κ3) is 2.82. The standard InChI is InChI=1S/C13H12FN3O/c14-9-4-5-12(15)11(7-9)13(18)17-8-10-3-1-2-6-16-10/h1-7H,8,15H2,(H,17,18). The summed E-state index contributed by atoms with van der Waals surface area (Å²) in [6, 6.07) is 9.09. The van der Waals surface area contributed by atoms with E-state index in [-0.39, 0.29) is 17.8 Å². The van der Waals surface area contributed by atoms with Gasteiger partial charge in [0.2, 0.25) is 0 Å². The van der Waals surface area contributed by atoms with Gasteiger partial charge in [-0.1, -0.05) is 6.07 Å². The van der Waals surface area contributed by atoms with Gasteiger partial charge in [0.25, 0.3) is 5.91 Å². The fraction of sp³-hybridized carbons (Fsp3) is 0.0769. The number of rotatable bonds is 3. The number of hydrogen-bond acceptors (Lipinski definition) is 3. The van der Waals surface area contributed by atoms with Gasteiger partial charge in [-0.15, -0.1) is 0 Å². The number of anilines is 1. The molecule has 1 aromatic carbocycles. The van der Waals surface area contributed by atoms with E-state index in [1.165, 1.54) is 12.1 Å². The van der Waals surface area contributed by atoms with E-state index >= 15 is 0 Å². The Balaban J connectivity index is 2.06. The molecule has 0 aliphatic carbocycles. The van der Waals surface area contributed by atoms with Crippen LogP contribution < -0.4 is 11.1 Å². The molecule has 92 valence electrons. The molecule has 3 N–H and O–H groups in total. The van der Waals surface area contributed by atoms with Crippen LogP contribution in [0.25, 0.3) is 0 Å². The maximum absolute atomic E-state index is 13.0. The van der Waals surface area contributed by atoms with Crippen molar-refractivity contribution >= 4 is 11.6 Å². The SMILES string of the molecule is Nc1ccc(F)cc1C(=O)NCc1ccccn1. The van der Waals surface area contributed by atoms with Crippen molar-refractivity contribution in [1.82, 2.24) is 10.3 Å². The molecular formula is C13H12FN3O. The lowest BCUT2D eigenvalue weighted by Crippen LogP contribution is -2.24. The Kier molecular flexibility index (Phi) is 3.52. The molecule has 0 aliphatic rings. The molecule has 0 aliphatic heterocycles. The first-order chi connectivity index (χ1) is 8.66. The molecule has 4 nitrogen and oxygen atoms in total. The zero-order valence-electron chi connectivity index (χ0n) is 9.56. The molecule has 5 heteroatoms. The second kappa shape index (κ2) is 5.27. The van der Waals surface area contributed by atoms with Gasteiger partial charge in [0.1, 0.15) is 5.82 Å². The lowest BCUT2D eigenvalue weighted by molar-refractivity contribution is 0.0951. The first kappa shape index (κ1) is 12.0. The number of hydrogen-bond donors (Lipinski definition) is 2. The average Bonchev–Trinajstić information content (AvgIpc) is 2.40. The number of amides is 1. The summed E-state index contributed by atoms with van der Waals surface area (Å²) >= 11 is 0. The van der Waals surface area contributed by atoms with Crippen LogP contribution in [0.5, 0.6) is 0 Å². The summed E-state index contributed by atoms with van der Waals surface area (Å²) in [5.41, 5.74) is 6.71. The molecule has 0 radical (unpaired) electrons. The van der Waals surface area contributed by atoms with Crippen LogP contribution in [0.3, 0.4) is 0 Å². The number of aromatic nitrogens is 1. The fourth-order valence-corrected chi connectivity index (χ4v) is 1.49. The Hall–Kier alpha value is -2.43. The van der Waals surface area contributed by atoms with Crippen LogP contribution in [-0.2, 0) is 6.54 Å². The van der Waals surface area contributed by atoms with Crippen molar-refractivity contribution in [3.63, 3.8) is 0 Å². The van der Waals surface area contributed by atoms with Gasteiger partial charge in [0.15, 0.2) is 0 Å². The van der Waals surface area contributed by atoms with E-state index in [0.29, 0.717) is 0 Å². The number of nitrogen functional groups attached to an aromatic ring is 1. The molecular weight excluding hydrogens is 233 g/mol. The number of nitrogens with one attached hydrogen (secondary N) is 1. The number of carbonyl (C=O) groups excluding carboxylic acids is 1. The molecule has 2 rings (SSSR count). The van der Waals surface area contributed by atoms with Crippen molar-refractivity contribution in [3.8, 4) is 0 Å². The van der Waals surface area contributed by atoms with Crippen LogP contribution in [0.2, 0.25) is 0 Å². The second-order valence-electron chi connectivity index (χ2n) is 3.74. The molecule has 0 fully saturated rings. The molecule has 1 amide bonds. The van der Waals surface area contributed by atoms with Gasteiger partial charge in [-0.3, -0.25) is 9.78 Å². The number of halogens is 1. The lowest BCUT2D eigenvalue weighted by atomic mass is 10.1. The average molecular weight is 245 g/mol. The van der Waals surface area contributed by atoms with Crippen LogP contribution in [0.1, 0.15) is 16.1 Å². The van der Waals surface area contributed by atoms with E-state index in [9.17, 15) is 9.18 Å². The molecule has 1 heterocycles. The molecule has 0 unspecified atom stereocenters. The lowest BCUT2D eigenvalue weighted by Gasteiger charge is -2.07. The Morgan fingerprint density at radius 1 is 1.33 bits per heavy atom. The van der Waals surface area contributed by atoms with Gasteiger partial charge >= 0.3 is 0 Å². The van der Waals surface area contributed by atoms with Crippen molar-refractivity contribution in [2.45, 2.75) is 6.54 Å². The van der Waals surface area contributed by atoms with Crippen molar-refractivity contribution in [3.05, 3.63) is 59.7 Å². The van der Waals surface area contributed by atoms with Gasteiger partial charge in [-0.05, 0) is 30.3 Å². The van der Waals surface area contributed by atoms with Gasteiger partial charge in [0, 0.05) is 11.9 Å². The molecule has 1 aromatic heterocycles. The molecule has 0 saturated heterocycles. The topological polar surface area (TPSA) is 68.0 Å². The largest absolute Gasteiger partial charge is 0.398 e. The van der Waals surface area contributed by atoms with E-state index in [0.717, 1.165) is 11.8 Å². The van der Waals surface area contributed by atoms with Crippen molar-refractivity contribution in [1.29, 1.82) is 0 Å². The summed E-state index contributed by atoms with van der Waals surface area (Å²) in [7, 11) is 0. The fourth-order valence-electron chi connectivity index (χ4n) is 1.49. The maximum atomic E-state index is 13.0. The smallest absolute Gasteiger partial charge is 0.253 e. The molecule has 0 spiro atoms. The highest BCUT2D eigenvalue weighted by atomic mass is 19.1. The third-order valence-corrected chi connectivity index (χ3v) is 2.42. The highest BCUT2D eigenvalue weighted by Gasteiger charge is 2.10. The molecule has 0 bridgehead atoms. The molecule has 0 saturated carbocycles. The first-order valence-corrected chi connectivity index (χ1v) is 5.40. The molecule has 2 aromatic rings. The van der Waals surface area contributed by atoms with E-state index in [1.54, 1.807) is 18.3 Å². The summed E-state index contributed by atoms with van der Waals surface area (Å²) < 4.78 is 13.0. The van der Waals surface area contributed by atoms with Crippen LogP contribution in [-0.4, -0.2) is 10.9 Å². The molecule has 18 heavy (non-hydrogen) atoms. The Morgan fingerprint density at radius 3 is 2.89 bits per heavy atom. The predicted molar refractivity (Wildman–Crippen MR) is 66.2 cm³/mol. The highest BCUT2D eigenvalue weighted by molar-refractivity contribution is 5.99. The van der Waals surface area contributed by atoms with Gasteiger partial charge < -0.3 is 11.1 Å². The number of nitrogens with two attached hydrogens (primary N) is 1. The van der Waals surface area contributed by atoms with Crippen LogP contribution >= 0.6 is 0 Å². The van der Waals surface area contributed by atoms with E-state index < -0.39 is 11.7 Å². The van der Waals surface area contributed by atoms with E-state index in [4.69, 9.17) is 5.73 Å². The van der Waals surface area contributed by atoms with Crippen molar-refractivity contribution < 1.29 is 9.18 Å². The molecule has 0 atom stereocenters. The minimum Gasteiger partial charge on any atom is -0.398 e. The van der Waals surface area contributed by atoms with Gasteiger partial charge in [-0.2, -0.15) is 0 Å². The van der Waals surface area contributed by atoms with E-state index in [2.05, 4.69) is 10.3 Å². The minimum absolute atomic E-state index is 0.130. The Labute approximate surface area is 104 Å². The predicted octanol–water partition coefficient (Wildman–Crippen LogP) is 1.73. The van der Waals surface area contributed by atoms with Crippen LogP contribution in [0, 0.1) is 5.82 Å². The second-order valence-corrected chi connectivity index (χ2v) is 3.74. The first-order valence-electron chi connectivity index (χ1n) is 5.40. The monoisotopic (exact) mass is 245 g/mol. The van der Waals surface area contributed by atoms with E-state index in [1.807, 2.05) is 6.07 Å².